The maximum atomic E-state index is 12.2. The molecular weight excluding hydrogens is 316 g/mol. The molecule has 118 valence electrons. The molecule has 0 bridgehead atoms. The number of carbonyl (C=O) groups excluding carboxylic acids is 1. The Morgan fingerprint density at radius 2 is 1.83 bits per heavy atom. The van der Waals surface area contributed by atoms with Crippen LogP contribution in [0.1, 0.15) is 5.56 Å². The number of nitrogens with one attached hydrogen (secondary N) is 1. The fraction of sp³-hybridized carbons (Fsp3) is 0.125. The average molecular weight is 330 g/mol. The van der Waals surface area contributed by atoms with Crippen LogP contribution in [0.5, 0.6) is 5.75 Å². The first-order chi connectivity index (χ1) is 11.0. The molecule has 0 fully saturated rings. The lowest BCUT2D eigenvalue weighted by molar-refractivity contribution is -0.113. The number of amides is 1. The molecule has 1 N–H and O–H groups in total. The van der Waals surface area contributed by atoms with Crippen molar-refractivity contribution in [2.45, 2.75) is 4.90 Å². The van der Waals surface area contributed by atoms with Crippen molar-refractivity contribution >= 4 is 21.4 Å². The third kappa shape index (κ3) is 4.08. The van der Waals surface area contributed by atoms with E-state index in [2.05, 4.69) is 5.32 Å². The molecule has 0 aliphatic heterocycles. The second kappa shape index (κ2) is 6.94. The Kier molecular flexibility index (Phi) is 4.98. The van der Waals surface area contributed by atoms with Gasteiger partial charge < -0.3 is 10.1 Å². The zero-order chi connectivity index (χ0) is 16.9. The van der Waals surface area contributed by atoms with Crippen LogP contribution in [-0.2, 0) is 14.6 Å². The Labute approximate surface area is 134 Å². The summed E-state index contributed by atoms with van der Waals surface area (Å²) in [5.41, 5.74) is 0.549. The van der Waals surface area contributed by atoms with E-state index in [4.69, 9.17) is 10.00 Å². The number of methoxy groups -OCH3 is 1. The minimum absolute atomic E-state index is 0.0296. The third-order valence-electron chi connectivity index (χ3n) is 3.06. The van der Waals surface area contributed by atoms with Gasteiger partial charge in [-0.2, -0.15) is 5.26 Å². The molecular formula is C16H14N2O4S. The molecule has 0 radical (unpaired) electrons. The van der Waals surface area contributed by atoms with Crippen LogP contribution in [0.2, 0.25) is 0 Å². The Hall–Kier alpha value is -2.85. The van der Waals surface area contributed by atoms with Gasteiger partial charge in [0.25, 0.3) is 0 Å². The van der Waals surface area contributed by atoms with Crippen molar-refractivity contribution in [2.75, 3.05) is 18.2 Å². The van der Waals surface area contributed by atoms with Crippen LogP contribution in [0, 0.1) is 11.3 Å². The van der Waals surface area contributed by atoms with E-state index in [1.165, 1.54) is 43.5 Å². The number of rotatable bonds is 5. The Bertz CT molecular complexity index is 852. The first-order valence-electron chi connectivity index (χ1n) is 6.62. The average Bonchev–Trinajstić information content (AvgIpc) is 2.55. The highest BCUT2D eigenvalue weighted by molar-refractivity contribution is 7.92. The van der Waals surface area contributed by atoms with Gasteiger partial charge in [-0.1, -0.05) is 12.1 Å². The lowest BCUT2D eigenvalue weighted by atomic mass is 10.2. The Balaban J connectivity index is 2.13. The van der Waals surface area contributed by atoms with E-state index in [9.17, 15) is 13.2 Å². The summed E-state index contributed by atoms with van der Waals surface area (Å²) in [6.45, 7) is 0. The number of hydrogen-bond acceptors (Lipinski definition) is 5. The van der Waals surface area contributed by atoms with Gasteiger partial charge in [0, 0.05) is 0 Å². The van der Waals surface area contributed by atoms with Crippen LogP contribution in [0.4, 0.5) is 5.69 Å². The highest BCUT2D eigenvalue weighted by atomic mass is 32.2. The van der Waals surface area contributed by atoms with Gasteiger partial charge in [-0.3, -0.25) is 4.79 Å². The van der Waals surface area contributed by atoms with E-state index in [1.54, 1.807) is 12.1 Å². The standard InChI is InChI=1S/C16H14N2O4S/c1-22-13-6-8-14(9-7-13)23(20,21)11-16(19)18-15-5-3-2-4-12(15)10-17/h2-9H,11H2,1H3,(H,18,19). The quantitative estimate of drug-likeness (QED) is 0.904. The number of nitrogens with zero attached hydrogens (tertiary/aromatic N) is 1. The number of carbonyl (C=O) groups is 1. The molecule has 0 aromatic heterocycles. The van der Waals surface area contributed by atoms with Crippen molar-refractivity contribution in [3.05, 3.63) is 54.1 Å². The number of anilines is 1. The number of nitriles is 1. The fourth-order valence-electron chi connectivity index (χ4n) is 1.91. The molecule has 6 nitrogen and oxygen atoms in total. The third-order valence-corrected chi connectivity index (χ3v) is 4.69. The molecule has 0 aliphatic rings. The van der Waals surface area contributed by atoms with Crippen LogP contribution in [0.3, 0.4) is 0 Å². The van der Waals surface area contributed by atoms with E-state index in [-0.39, 0.29) is 16.1 Å². The van der Waals surface area contributed by atoms with Crippen molar-refractivity contribution < 1.29 is 17.9 Å². The zero-order valence-corrected chi connectivity index (χ0v) is 13.1. The van der Waals surface area contributed by atoms with Crippen molar-refractivity contribution in [3.63, 3.8) is 0 Å². The molecule has 0 atom stereocenters. The summed E-state index contributed by atoms with van der Waals surface area (Å²) >= 11 is 0. The smallest absolute Gasteiger partial charge is 0.239 e. The fourth-order valence-corrected chi connectivity index (χ4v) is 3.05. The van der Waals surface area contributed by atoms with Crippen molar-refractivity contribution in [3.8, 4) is 11.8 Å². The predicted octanol–water partition coefficient (Wildman–Crippen LogP) is 1.98. The first kappa shape index (κ1) is 16.5. The number of para-hydroxylation sites is 1. The molecule has 0 spiro atoms. The van der Waals surface area contributed by atoms with E-state index < -0.39 is 21.5 Å². The molecule has 7 heteroatoms. The Morgan fingerprint density at radius 1 is 1.17 bits per heavy atom. The van der Waals surface area contributed by atoms with E-state index in [1.807, 2.05) is 6.07 Å². The Morgan fingerprint density at radius 3 is 2.43 bits per heavy atom. The molecule has 0 unspecified atom stereocenters. The van der Waals surface area contributed by atoms with Crippen LogP contribution >= 0.6 is 0 Å². The van der Waals surface area contributed by atoms with Crippen molar-refractivity contribution in [1.82, 2.24) is 0 Å². The SMILES string of the molecule is COc1ccc(S(=O)(=O)CC(=O)Nc2ccccc2C#N)cc1. The minimum atomic E-state index is -3.77. The van der Waals surface area contributed by atoms with Gasteiger partial charge in [0.1, 0.15) is 17.6 Å². The van der Waals surface area contributed by atoms with E-state index in [0.717, 1.165) is 0 Å². The molecule has 0 heterocycles. The van der Waals surface area contributed by atoms with Gasteiger partial charge in [-0.05, 0) is 36.4 Å². The van der Waals surface area contributed by atoms with Crippen LogP contribution in [0.15, 0.2) is 53.4 Å². The summed E-state index contributed by atoms with van der Waals surface area (Å²) in [4.78, 5) is 12.0. The maximum Gasteiger partial charge on any atom is 0.239 e. The molecule has 2 aromatic rings. The number of benzene rings is 2. The van der Waals surface area contributed by atoms with Crippen LogP contribution < -0.4 is 10.1 Å². The first-order valence-corrected chi connectivity index (χ1v) is 8.27. The van der Waals surface area contributed by atoms with Crippen LogP contribution in [0.25, 0.3) is 0 Å². The molecule has 2 rings (SSSR count). The summed E-state index contributed by atoms with van der Waals surface area (Å²) in [5.74, 6) is -0.890. The normalized spacial score (nSPS) is 10.6. The number of hydrogen-bond donors (Lipinski definition) is 1. The van der Waals surface area contributed by atoms with Crippen molar-refractivity contribution in [1.29, 1.82) is 5.26 Å². The lowest BCUT2D eigenvalue weighted by Gasteiger charge is -2.08. The van der Waals surface area contributed by atoms with Gasteiger partial charge in [0.15, 0.2) is 9.84 Å². The zero-order valence-electron chi connectivity index (χ0n) is 12.3. The molecule has 23 heavy (non-hydrogen) atoms. The van der Waals surface area contributed by atoms with E-state index in [0.29, 0.717) is 5.75 Å². The molecule has 0 saturated carbocycles. The molecule has 0 saturated heterocycles. The second-order valence-corrected chi connectivity index (χ2v) is 6.63. The number of sulfone groups is 1. The van der Waals surface area contributed by atoms with Gasteiger partial charge in [0.05, 0.1) is 23.3 Å². The maximum absolute atomic E-state index is 12.2. The molecule has 2 aromatic carbocycles. The lowest BCUT2D eigenvalue weighted by Crippen LogP contribution is -2.23. The largest absolute Gasteiger partial charge is 0.497 e. The van der Waals surface area contributed by atoms with Gasteiger partial charge >= 0.3 is 0 Å². The predicted molar refractivity (Wildman–Crippen MR) is 84.8 cm³/mol. The van der Waals surface area contributed by atoms with Gasteiger partial charge in [-0.15, -0.1) is 0 Å². The second-order valence-electron chi connectivity index (χ2n) is 4.64. The summed E-state index contributed by atoms with van der Waals surface area (Å²) in [5, 5.41) is 11.4. The number of ether oxygens (including phenoxy) is 1. The van der Waals surface area contributed by atoms with Gasteiger partial charge in [0.2, 0.25) is 5.91 Å². The summed E-state index contributed by atoms with van der Waals surface area (Å²) in [6, 6.07) is 14.1. The summed E-state index contributed by atoms with van der Waals surface area (Å²) in [7, 11) is -2.30. The monoisotopic (exact) mass is 330 g/mol. The van der Waals surface area contributed by atoms with Crippen LogP contribution in [-0.4, -0.2) is 27.2 Å². The minimum Gasteiger partial charge on any atom is -0.497 e. The highest BCUT2D eigenvalue weighted by Gasteiger charge is 2.20. The van der Waals surface area contributed by atoms with E-state index >= 15 is 0 Å². The molecule has 0 aliphatic carbocycles. The molecule has 1 amide bonds. The summed E-state index contributed by atoms with van der Waals surface area (Å²) < 4.78 is 29.4. The topological polar surface area (TPSA) is 96.3 Å². The highest BCUT2D eigenvalue weighted by Crippen LogP contribution is 2.18. The van der Waals surface area contributed by atoms with Crippen molar-refractivity contribution in [2.24, 2.45) is 0 Å². The summed E-state index contributed by atoms with van der Waals surface area (Å²) in [6.07, 6.45) is 0. The van der Waals surface area contributed by atoms with Gasteiger partial charge in [-0.25, -0.2) is 8.42 Å².